The first-order chi connectivity index (χ1) is 15.0. The van der Waals surface area contributed by atoms with Crippen molar-refractivity contribution in [3.8, 4) is 0 Å². The lowest BCUT2D eigenvalue weighted by Crippen LogP contribution is -2.16. The molecule has 2 atom stereocenters. The first-order valence-electron chi connectivity index (χ1n) is 13.0. The van der Waals surface area contributed by atoms with E-state index in [9.17, 15) is 0 Å². The molecule has 4 aliphatic carbocycles. The average Bonchev–Trinajstić information content (AvgIpc) is 3.52. The lowest BCUT2D eigenvalue weighted by atomic mass is 9.85. The number of halogens is 1. The molecule has 0 aliphatic heterocycles. The van der Waals surface area contributed by atoms with E-state index in [1.165, 1.54) is 76.2 Å². The Bertz CT molecular complexity index is 1090. The topological polar surface area (TPSA) is 0 Å². The minimum Gasteiger partial charge on any atom is -0.0837 e. The fourth-order valence-corrected chi connectivity index (χ4v) is 8.56. The van der Waals surface area contributed by atoms with Gasteiger partial charge in [0.1, 0.15) is 0 Å². The molecule has 0 saturated heterocycles. The Hall–Kier alpha value is -1.27. The van der Waals surface area contributed by atoms with Crippen LogP contribution < -0.4 is 0 Å². The molecule has 0 amide bonds. The van der Waals surface area contributed by atoms with Gasteiger partial charge in [-0.3, -0.25) is 0 Å². The predicted octanol–water partition coefficient (Wildman–Crippen LogP) is 7.44. The SMILES string of the molecule is CCc1c2c(c(C)c3c1CC(C1Cc4c(Cl)c5c(c(C(C)C)c4C1)CCC5)C3)CCC2. The summed E-state index contributed by atoms with van der Waals surface area (Å²) in [4.78, 5) is 0. The third kappa shape index (κ3) is 2.86. The van der Waals surface area contributed by atoms with Crippen molar-refractivity contribution in [3.63, 3.8) is 0 Å². The Morgan fingerprint density at radius 1 is 0.710 bits per heavy atom. The van der Waals surface area contributed by atoms with Crippen LogP contribution in [0.15, 0.2) is 0 Å². The maximum Gasteiger partial charge on any atom is 0.0475 e. The highest BCUT2D eigenvalue weighted by molar-refractivity contribution is 6.32. The third-order valence-electron chi connectivity index (χ3n) is 9.44. The summed E-state index contributed by atoms with van der Waals surface area (Å²) in [6.07, 6.45) is 14.1. The summed E-state index contributed by atoms with van der Waals surface area (Å²) in [5.74, 6) is 2.20. The van der Waals surface area contributed by atoms with E-state index in [2.05, 4.69) is 27.7 Å². The maximum absolute atomic E-state index is 7.08. The van der Waals surface area contributed by atoms with Crippen LogP contribution in [0.4, 0.5) is 0 Å². The number of fused-ring (bicyclic) bond motifs is 4. The van der Waals surface area contributed by atoms with Gasteiger partial charge >= 0.3 is 0 Å². The van der Waals surface area contributed by atoms with Crippen LogP contribution in [0.3, 0.4) is 0 Å². The number of hydrogen-bond donors (Lipinski definition) is 0. The van der Waals surface area contributed by atoms with E-state index in [4.69, 9.17) is 11.6 Å². The van der Waals surface area contributed by atoms with Crippen molar-refractivity contribution >= 4 is 11.6 Å². The fourth-order valence-electron chi connectivity index (χ4n) is 8.16. The zero-order valence-electron chi connectivity index (χ0n) is 19.9. The van der Waals surface area contributed by atoms with E-state index in [1.54, 1.807) is 55.6 Å². The van der Waals surface area contributed by atoms with Gasteiger partial charge < -0.3 is 0 Å². The summed E-state index contributed by atoms with van der Waals surface area (Å²) >= 11 is 7.08. The molecule has 2 unspecified atom stereocenters. The third-order valence-corrected chi connectivity index (χ3v) is 9.90. The quantitative estimate of drug-likeness (QED) is 0.472. The van der Waals surface area contributed by atoms with E-state index in [1.807, 2.05) is 0 Å². The number of rotatable bonds is 3. The van der Waals surface area contributed by atoms with Gasteiger partial charge in [-0.2, -0.15) is 0 Å². The molecule has 31 heavy (non-hydrogen) atoms. The van der Waals surface area contributed by atoms with Crippen molar-refractivity contribution in [2.24, 2.45) is 11.8 Å². The summed E-state index contributed by atoms with van der Waals surface area (Å²) < 4.78 is 0. The molecule has 0 N–H and O–H groups in total. The van der Waals surface area contributed by atoms with Gasteiger partial charge in [0.25, 0.3) is 0 Å². The molecule has 6 rings (SSSR count). The van der Waals surface area contributed by atoms with Crippen molar-refractivity contribution in [2.45, 2.75) is 104 Å². The monoisotopic (exact) mass is 432 g/mol. The van der Waals surface area contributed by atoms with Crippen LogP contribution in [0.5, 0.6) is 0 Å². The standard InChI is InChI=1S/C30H37Cl/c1-5-20-22-9-6-8-21(22)17(4)25-12-18(13-26(20)25)19-14-27-28(15-19)30(31)24-11-7-10-23(24)29(27)16(2)3/h16,18-19H,5-15H2,1-4H3. The zero-order valence-corrected chi connectivity index (χ0v) is 20.6. The number of hydrogen-bond acceptors (Lipinski definition) is 0. The Morgan fingerprint density at radius 3 is 2.00 bits per heavy atom. The fraction of sp³-hybridized carbons (Fsp3) is 0.600. The van der Waals surface area contributed by atoms with Crippen LogP contribution in [0, 0.1) is 18.8 Å². The molecule has 0 fully saturated rings. The van der Waals surface area contributed by atoms with Crippen molar-refractivity contribution in [1.29, 1.82) is 0 Å². The van der Waals surface area contributed by atoms with E-state index in [0.717, 1.165) is 16.9 Å². The second-order valence-electron chi connectivity index (χ2n) is 11.2. The molecule has 0 nitrogen and oxygen atoms in total. The van der Waals surface area contributed by atoms with E-state index in [-0.39, 0.29) is 0 Å². The Labute approximate surface area is 193 Å². The first kappa shape index (κ1) is 20.3. The summed E-state index contributed by atoms with van der Waals surface area (Å²) in [6.45, 7) is 9.63. The minimum absolute atomic E-state index is 0.620. The average molecular weight is 433 g/mol. The van der Waals surface area contributed by atoms with Crippen LogP contribution in [-0.4, -0.2) is 0 Å². The molecule has 0 aromatic heterocycles. The highest BCUT2D eigenvalue weighted by Crippen LogP contribution is 2.49. The summed E-state index contributed by atoms with van der Waals surface area (Å²) in [7, 11) is 0. The van der Waals surface area contributed by atoms with Gasteiger partial charge in [0.2, 0.25) is 0 Å². The van der Waals surface area contributed by atoms with Crippen LogP contribution in [0.2, 0.25) is 5.02 Å². The molecule has 0 saturated carbocycles. The van der Waals surface area contributed by atoms with Gasteiger partial charge in [0.15, 0.2) is 0 Å². The van der Waals surface area contributed by atoms with Gasteiger partial charge in [0.05, 0.1) is 0 Å². The largest absolute Gasteiger partial charge is 0.0837 e. The lowest BCUT2D eigenvalue weighted by Gasteiger charge is -2.20. The molecule has 0 heterocycles. The van der Waals surface area contributed by atoms with Crippen molar-refractivity contribution in [2.75, 3.05) is 0 Å². The predicted molar refractivity (Wildman–Crippen MR) is 132 cm³/mol. The molecular formula is C30H37Cl. The van der Waals surface area contributed by atoms with Gasteiger partial charge in [-0.25, -0.2) is 0 Å². The van der Waals surface area contributed by atoms with Crippen LogP contribution in [0.1, 0.15) is 101 Å². The molecule has 4 aliphatic rings. The van der Waals surface area contributed by atoms with E-state index in [0.29, 0.717) is 5.92 Å². The first-order valence-corrected chi connectivity index (χ1v) is 13.4. The highest BCUT2D eigenvalue weighted by Gasteiger charge is 2.39. The van der Waals surface area contributed by atoms with E-state index < -0.39 is 0 Å². The molecule has 164 valence electrons. The Kier molecular flexibility index (Phi) is 4.84. The smallest absolute Gasteiger partial charge is 0.0475 e. The summed E-state index contributed by atoms with van der Waals surface area (Å²) in [5.41, 5.74) is 18.4. The van der Waals surface area contributed by atoms with Crippen LogP contribution in [0.25, 0.3) is 0 Å². The van der Waals surface area contributed by atoms with Crippen LogP contribution in [-0.2, 0) is 57.8 Å². The van der Waals surface area contributed by atoms with Crippen molar-refractivity contribution in [3.05, 3.63) is 66.2 Å². The molecule has 0 bridgehead atoms. The normalized spacial score (nSPS) is 23.4. The second kappa shape index (κ2) is 7.38. The molecule has 0 spiro atoms. The lowest BCUT2D eigenvalue weighted by molar-refractivity contribution is 0.359. The molecule has 0 radical (unpaired) electrons. The minimum atomic E-state index is 0.620. The molecule has 2 aromatic rings. The van der Waals surface area contributed by atoms with Gasteiger partial charge in [0, 0.05) is 5.02 Å². The molecule has 1 heteroatoms. The van der Waals surface area contributed by atoms with Crippen molar-refractivity contribution < 1.29 is 0 Å². The summed E-state index contributed by atoms with van der Waals surface area (Å²) in [5, 5.41) is 1.16. The summed E-state index contributed by atoms with van der Waals surface area (Å²) in [6, 6.07) is 0. The molecular weight excluding hydrogens is 396 g/mol. The Balaban J connectivity index is 1.36. The number of benzene rings is 2. The zero-order chi connectivity index (χ0) is 21.4. The van der Waals surface area contributed by atoms with Gasteiger partial charge in [-0.15, -0.1) is 0 Å². The van der Waals surface area contributed by atoms with Gasteiger partial charge in [-0.1, -0.05) is 32.4 Å². The second-order valence-corrected chi connectivity index (χ2v) is 11.6. The molecule has 2 aromatic carbocycles. The van der Waals surface area contributed by atoms with E-state index >= 15 is 0 Å². The maximum atomic E-state index is 7.08. The Morgan fingerprint density at radius 2 is 1.29 bits per heavy atom. The highest BCUT2D eigenvalue weighted by atomic mass is 35.5. The van der Waals surface area contributed by atoms with Crippen LogP contribution >= 0.6 is 11.6 Å². The van der Waals surface area contributed by atoms with Crippen molar-refractivity contribution in [1.82, 2.24) is 0 Å². The van der Waals surface area contributed by atoms with Gasteiger partial charge in [-0.05, 0) is 157 Å².